The zero-order valence-corrected chi connectivity index (χ0v) is 28.4. The van der Waals surface area contributed by atoms with Gasteiger partial charge in [-0.3, -0.25) is 0 Å². The van der Waals surface area contributed by atoms with E-state index in [2.05, 4.69) is 178 Å². The number of nitrogens with zero attached hydrogens (tertiary/aromatic N) is 3. The number of rotatable bonds is 5. The van der Waals surface area contributed by atoms with Gasteiger partial charge in [0.05, 0.1) is 0 Å². The summed E-state index contributed by atoms with van der Waals surface area (Å²) in [5, 5.41) is 0. The van der Waals surface area contributed by atoms with E-state index in [0.29, 0.717) is 17.5 Å². The van der Waals surface area contributed by atoms with Gasteiger partial charge in [0.1, 0.15) is 0 Å². The van der Waals surface area contributed by atoms with Crippen LogP contribution in [0.1, 0.15) is 25.0 Å². The van der Waals surface area contributed by atoms with Crippen LogP contribution in [0.15, 0.2) is 164 Å². The van der Waals surface area contributed by atoms with Gasteiger partial charge in [-0.25, -0.2) is 15.0 Å². The van der Waals surface area contributed by atoms with E-state index in [1.165, 1.54) is 44.5 Å². The van der Waals surface area contributed by atoms with Crippen LogP contribution >= 0.6 is 0 Å². The highest BCUT2D eigenvalue weighted by atomic mass is 15.0. The predicted octanol–water partition coefficient (Wildman–Crippen LogP) is 12.2. The normalized spacial score (nSPS) is 13.1. The van der Waals surface area contributed by atoms with Crippen LogP contribution < -0.4 is 0 Å². The zero-order valence-electron chi connectivity index (χ0n) is 28.4. The topological polar surface area (TPSA) is 38.7 Å². The summed E-state index contributed by atoms with van der Waals surface area (Å²) in [5.74, 6) is 1.98. The van der Waals surface area contributed by atoms with Crippen LogP contribution in [-0.2, 0) is 5.41 Å². The number of hydrogen-bond acceptors (Lipinski definition) is 3. The Morgan fingerprint density at radius 1 is 0.294 bits per heavy atom. The molecule has 0 bridgehead atoms. The molecule has 0 radical (unpaired) electrons. The maximum absolute atomic E-state index is 5.31. The molecule has 7 aromatic carbocycles. The second kappa shape index (κ2) is 11.3. The molecule has 0 atom stereocenters. The molecular formula is C48H33N3. The fourth-order valence-electron chi connectivity index (χ4n) is 8.04. The van der Waals surface area contributed by atoms with Crippen molar-refractivity contribution in [3.8, 4) is 89.8 Å². The third-order valence-corrected chi connectivity index (χ3v) is 10.7. The van der Waals surface area contributed by atoms with Crippen LogP contribution in [0.4, 0.5) is 0 Å². The molecule has 0 spiro atoms. The van der Waals surface area contributed by atoms with E-state index in [-0.39, 0.29) is 5.41 Å². The Labute approximate surface area is 298 Å². The number of fused-ring (bicyclic) bond motifs is 7. The maximum atomic E-state index is 5.31. The molecule has 0 saturated carbocycles. The highest BCUT2D eigenvalue weighted by Gasteiger charge is 2.35. The van der Waals surface area contributed by atoms with Crippen LogP contribution in [0.2, 0.25) is 0 Å². The second-order valence-electron chi connectivity index (χ2n) is 14.0. The number of benzene rings is 7. The van der Waals surface area contributed by atoms with Gasteiger partial charge in [-0.1, -0.05) is 159 Å². The zero-order chi connectivity index (χ0) is 34.1. The van der Waals surface area contributed by atoms with Gasteiger partial charge in [-0.05, 0) is 85.0 Å². The lowest BCUT2D eigenvalue weighted by Gasteiger charge is -2.24. The van der Waals surface area contributed by atoms with Gasteiger partial charge in [0.15, 0.2) is 17.5 Å². The quantitative estimate of drug-likeness (QED) is 0.186. The van der Waals surface area contributed by atoms with E-state index in [1.807, 2.05) is 0 Å². The van der Waals surface area contributed by atoms with Crippen molar-refractivity contribution in [1.29, 1.82) is 0 Å². The van der Waals surface area contributed by atoms with Crippen molar-refractivity contribution in [3.63, 3.8) is 0 Å². The molecule has 0 saturated heterocycles. The van der Waals surface area contributed by atoms with E-state index < -0.39 is 0 Å². The lowest BCUT2D eigenvalue weighted by atomic mass is 9.80. The highest BCUT2D eigenvalue weighted by Crippen LogP contribution is 2.50. The summed E-state index contributed by atoms with van der Waals surface area (Å²) >= 11 is 0. The van der Waals surface area contributed by atoms with Gasteiger partial charge in [0.25, 0.3) is 0 Å². The molecule has 2 aliphatic carbocycles. The summed E-state index contributed by atoms with van der Waals surface area (Å²) in [6.45, 7) is 4.62. The standard InChI is InChI=1S/C48H33N3/c1-48(2)43-20-12-11-19-39(43)40-26-23-34(29-44(40)48)46-49-45(33-22-25-38-36-17-9-10-18-37(36)41(38)28-33)50-47(51-46)42-27-32(30-13-5-3-6-14-30)21-24-35(42)31-15-7-4-8-16-31/h3-29H,1-2H3. The fourth-order valence-corrected chi connectivity index (χ4v) is 8.04. The summed E-state index contributed by atoms with van der Waals surface area (Å²) in [7, 11) is 0. The molecule has 1 heterocycles. The molecule has 0 unspecified atom stereocenters. The minimum absolute atomic E-state index is 0.139. The molecular weight excluding hydrogens is 619 g/mol. The average molecular weight is 652 g/mol. The van der Waals surface area contributed by atoms with E-state index in [9.17, 15) is 0 Å². The first-order valence-corrected chi connectivity index (χ1v) is 17.5. The summed E-state index contributed by atoms with van der Waals surface area (Å²) in [6.07, 6.45) is 0. The molecule has 0 fully saturated rings. The van der Waals surface area contributed by atoms with Crippen LogP contribution in [0.3, 0.4) is 0 Å². The molecule has 10 rings (SSSR count). The molecule has 1 aromatic heterocycles. The molecule has 0 aliphatic heterocycles. The van der Waals surface area contributed by atoms with Gasteiger partial charge in [0, 0.05) is 22.1 Å². The maximum Gasteiger partial charge on any atom is 0.164 e. The lowest BCUT2D eigenvalue weighted by molar-refractivity contribution is 0.660. The smallest absolute Gasteiger partial charge is 0.164 e. The average Bonchev–Trinajstić information content (AvgIpc) is 3.42. The first-order chi connectivity index (χ1) is 25.0. The Balaban J connectivity index is 1.20. The highest BCUT2D eigenvalue weighted by molar-refractivity contribution is 6.03. The van der Waals surface area contributed by atoms with E-state index in [1.54, 1.807) is 0 Å². The largest absolute Gasteiger partial charge is 0.208 e. The summed E-state index contributed by atoms with van der Waals surface area (Å²) in [6, 6.07) is 58.3. The SMILES string of the molecule is CC1(C)c2ccccc2-c2ccc(-c3nc(-c4ccc5c(c4)-c4ccccc4-5)nc(-c4cc(-c5ccccc5)ccc4-c4ccccc4)n3)cc21. The molecule has 51 heavy (non-hydrogen) atoms. The molecule has 0 amide bonds. The number of aromatic nitrogens is 3. The van der Waals surface area contributed by atoms with Crippen molar-refractivity contribution in [2.24, 2.45) is 0 Å². The molecule has 0 N–H and O–H groups in total. The minimum atomic E-state index is -0.139. The summed E-state index contributed by atoms with van der Waals surface area (Å²) < 4.78 is 0. The van der Waals surface area contributed by atoms with Crippen molar-refractivity contribution in [2.75, 3.05) is 0 Å². The van der Waals surface area contributed by atoms with Crippen LogP contribution in [0.5, 0.6) is 0 Å². The van der Waals surface area contributed by atoms with Crippen molar-refractivity contribution < 1.29 is 0 Å². The summed E-state index contributed by atoms with van der Waals surface area (Å²) in [5.41, 5.74) is 17.5. The van der Waals surface area contributed by atoms with Gasteiger partial charge < -0.3 is 0 Å². The van der Waals surface area contributed by atoms with E-state index >= 15 is 0 Å². The monoisotopic (exact) mass is 651 g/mol. The van der Waals surface area contributed by atoms with Gasteiger partial charge in [-0.2, -0.15) is 0 Å². The molecule has 3 heteroatoms. The molecule has 2 aliphatic rings. The fraction of sp³-hybridized carbons (Fsp3) is 0.0625. The van der Waals surface area contributed by atoms with Gasteiger partial charge in [0.2, 0.25) is 0 Å². The number of hydrogen-bond donors (Lipinski definition) is 0. The molecule has 240 valence electrons. The Morgan fingerprint density at radius 3 is 1.49 bits per heavy atom. The van der Waals surface area contributed by atoms with Crippen LogP contribution in [-0.4, -0.2) is 15.0 Å². The predicted molar refractivity (Wildman–Crippen MR) is 209 cm³/mol. The Hall–Kier alpha value is -6.45. The third kappa shape index (κ3) is 4.69. The van der Waals surface area contributed by atoms with Crippen molar-refractivity contribution in [1.82, 2.24) is 15.0 Å². The Kier molecular flexibility index (Phi) is 6.53. The van der Waals surface area contributed by atoms with Crippen LogP contribution in [0.25, 0.3) is 89.8 Å². The second-order valence-corrected chi connectivity index (χ2v) is 14.0. The lowest BCUT2D eigenvalue weighted by Crippen LogP contribution is -2.15. The van der Waals surface area contributed by atoms with E-state index in [4.69, 9.17) is 15.0 Å². The van der Waals surface area contributed by atoms with E-state index in [0.717, 1.165) is 38.9 Å². The van der Waals surface area contributed by atoms with Gasteiger partial charge >= 0.3 is 0 Å². The first-order valence-electron chi connectivity index (χ1n) is 17.5. The Bertz CT molecular complexity index is 2660. The Morgan fingerprint density at radius 2 is 0.765 bits per heavy atom. The molecule has 3 nitrogen and oxygen atoms in total. The molecule has 8 aromatic rings. The summed E-state index contributed by atoms with van der Waals surface area (Å²) in [4.78, 5) is 15.8. The van der Waals surface area contributed by atoms with Crippen molar-refractivity contribution >= 4 is 0 Å². The van der Waals surface area contributed by atoms with Crippen LogP contribution in [0, 0.1) is 0 Å². The van der Waals surface area contributed by atoms with Gasteiger partial charge in [-0.15, -0.1) is 0 Å². The first kappa shape index (κ1) is 29.5. The van der Waals surface area contributed by atoms with Crippen molar-refractivity contribution in [3.05, 3.63) is 175 Å². The third-order valence-electron chi connectivity index (χ3n) is 10.7. The van der Waals surface area contributed by atoms with Crippen molar-refractivity contribution in [2.45, 2.75) is 19.3 Å². The minimum Gasteiger partial charge on any atom is -0.208 e.